The molecule has 0 saturated heterocycles. The number of halogens is 2. The Morgan fingerprint density at radius 3 is 2.35 bits per heavy atom. The van der Waals surface area contributed by atoms with E-state index in [-0.39, 0.29) is 28.2 Å². The number of hydrogen-bond donors (Lipinski definition) is 1. The van der Waals surface area contributed by atoms with E-state index in [4.69, 9.17) is 5.73 Å². The van der Waals surface area contributed by atoms with Crippen molar-refractivity contribution in [3.63, 3.8) is 0 Å². The second kappa shape index (κ2) is 5.43. The highest BCUT2D eigenvalue weighted by Crippen LogP contribution is 2.30. The zero-order chi connectivity index (χ0) is 16.8. The molecule has 0 amide bonds. The predicted molar refractivity (Wildman–Crippen MR) is 83.5 cm³/mol. The predicted octanol–water partition coefficient (Wildman–Crippen LogP) is 2.92. The van der Waals surface area contributed by atoms with Crippen LogP contribution in [0.4, 0.5) is 8.78 Å². The van der Waals surface area contributed by atoms with Crippen LogP contribution in [-0.4, -0.2) is 12.4 Å². The van der Waals surface area contributed by atoms with Crippen molar-refractivity contribution in [3.05, 3.63) is 65.4 Å². The van der Waals surface area contributed by atoms with Gasteiger partial charge in [-0.1, -0.05) is 18.2 Å². The van der Waals surface area contributed by atoms with Gasteiger partial charge in [-0.2, -0.15) is 0 Å². The van der Waals surface area contributed by atoms with Crippen LogP contribution in [0.3, 0.4) is 0 Å². The van der Waals surface area contributed by atoms with E-state index in [9.17, 15) is 17.2 Å². The van der Waals surface area contributed by atoms with Crippen molar-refractivity contribution in [1.82, 2.24) is 3.97 Å². The Morgan fingerprint density at radius 2 is 1.74 bits per heavy atom. The Bertz CT molecular complexity index is 996. The Kier molecular flexibility index (Phi) is 3.69. The van der Waals surface area contributed by atoms with Crippen LogP contribution in [0.2, 0.25) is 0 Å². The number of benzene rings is 2. The van der Waals surface area contributed by atoms with E-state index in [0.717, 1.165) is 3.97 Å². The first-order valence-corrected chi connectivity index (χ1v) is 8.31. The summed E-state index contributed by atoms with van der Waals surface area (Å²) < 4.78 is 54.9. The van der Waals surface area contributed by atoms with Gasteiger partial charge in [-0.05, 0) is 31.2 Å². The van der Waals surface area contributed by atoms with Gasteiger partial charge in [0.15, 0.2) is 11.6 Å². The average molecular weight is 336 g/mol. The Balaban J connectivity index is 2.39. The van der Waals surface area contributed by atoms with E-state index in [0.29, 0.717) is 5.39 Å². The summed E-state index contributed by atoms with van der Waals surface area (Å²) in [6.45, 7) is 1.36. The van der Waals surface area contributed by atoms with Crippen molar-refractivity contribution >= 4 is 20.9 Å². The van der Waals surface area contributed by atoms with Crippen molar-refractivity contribution in [2.24, 2.45) is 5.73 Å². The number of hydrogen-bond acceptors (Lipinski definition) is 3. The fraction of sp³-hybridized carbons (Fsp3) is 0.125. The van der Waals surface area contributed by atoms with Gasteiger partial charge in [0.1, 0.15) is 5.52 Å². The van der Waals surface area contributed by atoms with E-state index in [1.54, 1.807) is 18.2 Å². The van der Waals surface area contributed by atoms with E-state index < -0.39 is 21.7 Å². The molecule has 0 radical (unpaired) electrons. The Hall–Kier alpha value is -2.25. The van der Waals surface area contributed by atoms with Gasteiger partial charge in [-0.25, -0.2) is 21.2 Å². The molecule has 0 aliphatic heterocycles. The minimum absolute atomic E-state index is 0.00306. The molecule has 3 aromatic rings. The molecule has 0 bridgehead atoms. The summed E-state index contributed by atoms with van der Waals surface area (Å²) in [4.78, 5) is 0.00306. The van der Waals surface area contributed by atoms with E-state index >= 15 is 0 Å². The molecule has 0 aliphatic carbocycles. The first-order valence-electron chi connectivity index (χ1n) is 6.87. The van der Waals surface area contributed by atoms with Crippen molar-refractivity contribution in [1.29, 1.82) is 0 Å². The van der Waals surface area contributed by atoms with Gasteiger partial charge in [0, 0.05) is 23.2 Å². The maximum Gasteiger partial charge on any atom is 0.268 e. The van der Waals surface area contributed by atoms with Crippen molar-refractivity contribution in [2.45, 2.75) is 18.4 Å². The third-order valence-corrected chi connectivity index (χ3v) is 5.49. The summed E-state index contributed by atoms with van der Waals surface area (Å²) in [7, 11) is -4.03. The molecule has 2 aromatic carbocycles. The summed E-state index contributed by atoms with van der Waals surface area (Å²) in [6.07, 6.45) is 0. The Morgan fingerprint density at radius 1 is 1.09 bits per heavy atom. The molecule has 0 aliphatic rings. The Labute approximate surface area is 132 Å². The van der Waals surface area contributed by atoms with Crippen LogP contribution in [0, 0.1) is 18.6 Å². The third-order valence-electron chi connectivity index (χ3n) is 3.67. The van der Waals surface area contributed by atoms with Crippen LogP contribution in [0.15, 0.2) is 47.4 Å². The molecule has 0 unspecified atom stereocenters. The van der Waals surface area contributed by atoms with Crippen molar-refractivity contribution in [3.8, 4) is 0 Å². The smallest absolute Gasteiger partial charge is 0.268 e. The van der Waals surface area contributed by atoms with E-state index in [2.05, 4.69) is 0 Å². The lowest BCUT2D eigenvalue weighted by molar-refractivity contribution is 0.504. The largest absolute Gasteiger partial charge is 0.326 e. The molecule has 0 fully saturated rings. The van der Waals surface area contributed by atoms with Gasteiger partial charge in [-0.15, -0.1) is 0 Å². The molecule has 120 valence electrons. The maximum absolute atomic E-state index is 14.4. The molecular weight excluding hydrogens is 322 g/mol. The SMILES string of the molecule is Cc1cc2cc(CN)c(F)c(F)c2n1S(=O)(=O)c1ccccc1. The second-order valence-electron chi connectivity index (χ2n) is 5.17. The lowest BCUT2D eigenvalue weighted by atomic mass is 10.1. The molecule has 4 nitrogen and oxygen atoms in total. The number of rotatable bonds is 3. The van der Waals surface area contributed by atoms with E-state index in [1.165, 1.54) is 31.2 Å². The lowest BCUT2D eigenvalue weighted by Crippen LogP contribution is -2.15. The molecule has 0 spiro atoms. The van der Waals surface area contributed by atoms with Gasteiger partial charge in [0.05, 0.1) is 4.90 Å². The first kappa shape index (κ1) is 15.6. The molecule has 3 rings (SSSR count). The quantitative estimate of drug-likeness (QED) is 0.800. The summed E-state index contributed by atoms with van der Waals surface area (Å²) >= 11 is 0. The molecule has 1 aromatic heterocycles. The number of aryl methyl sites for hydroxylation is 1. The topological polar surface area (TPSA) is 65.1 Å². The van der Waals surface area contributed by atoms with Gasteiger partial charge in [-0.3, -0.25) is 0 Å². The summed E-state index contributed by atoms with van der Waals surface area (Å²) in [5.41, 5.74) is 5.39. The monoisotopic (exact) mass is 336 g/mol. The number of nitrogens with two attached hydrogens (primary N) is 1. The molecule has 2 N–H and O–H groups in total. The second-order valence-corrected chi connectivity index (χ2v) is 6.96. The van der Waals surface area contributed by atoms with E-state index in [1.807, 2.05) is 0 Å². The highest BCUT2D eigenvalue weighted by Gasteiger charge is 2.25. The third kappa shape index (κ3) is 2.32. The van der Waals surface area contributed by atoms with Crippen LogP contribution in [0.25, 0.3) is 10.9 Å². The van der Waals surface area contributed by atoms with Crippen LogP contribution in [0.5, 0.6) is 0 Å². The van der Waals surface area contributed by atoms with Crippen LogP contribution < -0.4 is 5.73 Å². The van der Waals surface area contributed by atoms with Crippen LogP contribution in [-0.2, 0) is 16.6 Å². The lowest BCUT2D eigenvalue weighted by Gasteiger charge is -2.11. The average Bonchev–Trinajstić information content (AvgIpc) is 2.88. The molecule has 23 heavy (non-hydrogen) atoms. The minimum atomic E-state index is -4.03. The zero-order valence-corrected chi connectivity index (χ0v) is 13.1. The maximum atomic E-state index is 14.4. The van der Waals surface area contributed by atoms with Gasteiger partial charge >= 0.3 is 0 Å². The molecule has 1 heterocycles. The van der Waals surface area contributed by atoms with Crippen molar-refractivity contribution < 1.29 is 17.2 Å². The van der Waals surface area contributed by atoms with Gasteiger partial charge in [0.2, 0.25) is 0 Å². The summed E-state index contributed by atoms with van der Waals surface area (Å²) in [5, 5.41) is 0.293. The summed E-state index contributed by atoms with van der Waals surface area (Å²) in [6, 6.07) is 10.5. The minimum Gasteiger partial charge on any atom is -0.326 e. The molecule has 7 heteroatoms. The van der Waals surface area contributed by atoms with Crippen LogP contribution >= 0.6 is 0 Å². The molecule has 0 saturated carbocycles. The highest BCUT2D eigenvalue weighted by atomic mass is 32.2. The summed E-state index contributed by atoms with van der Waals surface area (Å²) in [5.74, 6) is -2.34. The molecular formula is C16H14F2N2O2S. The number of nitrogens with zero attached hydrogens (tertiary/aromatic N) is 1. The van der Waals surface area contributed by atoms with Gasteiger partial charge in [0.25, 0.3) is 10.0 Å². The van der Waals surface area contributed by atoms with Gasteiger partial charge < -0.3 is 5.73 Å². The highest BCUT2D eigenvalue weighted by molar-refractivity contribution is 7.90. The number of aromatic nitrogens is 1. The molecule has 0 atom stereocenters. The zero-order valence-electron chi connectivity index (χ0n) is 12.3. The first-order chi connectivity index (χ1) is 10.9. The fourth-order valence-corrected chi connectivity index (χ4v) is 4.19. The van der Waals surface area contributed by atoms with Crippen molar-refractivity contribution in [2.75, 3.05) is 0 Å². The fourth-order valence-electron chi connectivity index (χ4n) is 2.62. The van der Waals surface area contributed by atoms with Crippen LogP contribution in [0.1, 0.15) is 11.3 Å². The normalized spacial score (nSPS) is 12.0. The number of fused-ring (bicyclic) bond motifs is 1. The standard InChI is InChI=1S/C16H14F2N2O2S/c1-10-7-11-8-12(9-19)14(17)15(18)16(11)20(10)23(21,22)13-5-3-2-4-6-13/h2-8H,9,19H2,1H3.